The average molecular weight is 422 g/mol. The van der Waals surface area contributed by atoms with Gasteiger partial charge in [0.2, 0.25) is 11.8 Å². The van der Waals surface area contributed by atoms with Gasteiger partial charge in [-0.05, 0) is 31.2 Å². The third-order valence-electron chi connectivity index (χ3n) is 5.63. The van der Waals surface area contributed by atoms with Crippen LogP contribution in [0.4, 0.5) is 5.69 Å². The normalized spacial score (nSPS) is 17.6. The number of hydrogen-bond acceptors (Lipinski definition) is 5. The van der Waals surface area contributed by atoms with E-state index in [2.05, 4.69) is 34.1 Å². The van der Waals surface area contributed by atoms with Crippen molar-refractivity contribution < 1.29 is 19.2 Å². The van der Waals surface area contributed by atoms with Gasteiger partial charge in [0.15, 0.2) is 0 Å². The number of rotatable bonds is 6. The van der Waals surface area contributed by atoms with Crippen LogP contribution in [0.3, 0.4) is 0 Å². The Balaban J connectivity index is 1.63. The van der Waals surface area contributed by atoms with Crippen LogP contribution < -0.4 is 5.32 Å². The van der Waals surface area contributed by atoms with Gasteiger partial charge in [0.1, 0.15) is 19.8 Å². The molecule has 2 heterocycles. The minimum Gasteiger partial charge on any atom is -0.399 e. The lowest BCUT2D eigenvalue weighted by molar-refractivity contribution is -0.139. The topological polar surface area (TPSA) is 85.2 Å². The van der Waals surface area contributed by atoms with Crippen LogP contribution in [0, 0.1) is 0 Å². The predicted octanol–water partition coefficient (Wildman–Crippen LogP) is 3.00. The number of nitrogens with zero attached hydrogens (tertiary/aromatic N) is 3. The zero-order valence-electron chi connectivity index (χ0n) is 17.9. The molecule has 8 nitrogen and oxygen atoms in total. The zero-order chi connectivity index (χ0) is 22.0. The van der Waals surface area contributed by atoms with E-state index in [1.54, 1.807) is 0 Å². The largest absolute Gasteiger partial charge is 0.399 e. The highest BCUT2D eigenvalue weighted by Crippen LogP contribution is 2.31. The summed E-state index contributed by atoms with van der Waals surface area (Å²) in [6, 6.07) is 13.5. The third-order valence-corrected chi connectivity index (χ3v) is 5.63. The van der Waals surface area contributed by atoms with Gasteiger partial charge < -0.3 is 24.4 Å². The standard InChI is InChI=1S/C23H26N4O4/c1-4-26-19-8-6-5-7-17(19)18-11-15(9-10-20(18)26)24-23(29)21-12-16(25-31-3)13-27(21)22(28)14-30-2/h5-11,21H,4,12-14H2,1-3H3,(H,24,29)/t21-/m0/s1. The molecule has 0 spiro atoms. The lowest BCUT2D eigenvalue weighted by Crippen LogP contribution is -2.44. The van der Waals surface area contributed by atoms with Crippen molar-refractivity contribution in [3.63, 3.8) is 0 Å². The monoisotopic (exact) mass is 422 g/mol. The summed E-state index contributed by atoms with van der Waals surface area (Å²) in [6.07, 6.45) is 0.326. The highest BCUT2D eigenvalue weighted by atomic mass is 16.6. The van der Waals surface area contributed by atoms with Crippen molar-refractivity contribution in [2.45, 2.75) is 25.9 Å². The second-order valence-corrected chi connectivity index (χ2v) is 7.50. The molecule has 0 bridgehead atoms. The van der Waals surface area contributed by atoms with Gasteiger partial charge in [0.05, 0.1) is 12.3 Å². The first-order valence-electron chi connectivity index (χ1n) is 10.3. The van der Waals surface area contributed by atoms with Crippen molar-refractivity contribution in [2.24, 2.45) is 5.16 Å². The Bertz CT molecular complexity index is 1170. The molecule has 3 aromatic rings. The highest BCUT2D eigenvalue weighted by molar-refractivity contribution is 6.11. The summed E-state index contributed by atoms with van der Waals surface area (Å²) in [6.45, 7) is 3.13. The highest BCUT2D eigenvalue weighted by Gasteiger charge is 2.38. The van der Waals surface area contributed by atoms with Gasteiger partial charge in [-0.1, -0.05) is 23.4 Å². The van der Waals surface area contributed by atoms with Gasteiger partial charge in [-0.3, -0.25) is 9.59 Å². The molecule has 0 unspecified atom stereocenters. The number of hydrogen-bond donors (Lipinski definition) is 1. The number of benzene rings is 2. The van der Waals surface area contributed by atoms with Crippen LogP contribution in [0.25, 0.3) is 21.8 Å². The molecule has 2 amide bonds. The van der Waals surface area contributed by atoms with Gasteiger partial charge in [-0.25, -0.2) is 0 Å². The van der Waals surface area contributed by atoms with Gasteiger partial charge in [-0.2, -0.15) is 0 Å². The second kappa shape index (κ2) is 8.77. The summed E-state index contributed by atoms with van der Waals surface area (Å²) >= 11 is 0. The lowest BCUT2D eigenvalue weighted by atomic mass is 10.1. The number of methoxy groups -OCH3 is 1. The Morgan fingerprint density at radius 2 is 1.90 bits per heavy atom. The number of ether oxygens (including phenoxy) is 1. The predicted molar refractivity (Wildman–Crippen MR) is 120 cm³/mol. The van der Waals surface area contributed by atoms with Crippen molar-refractivity contribution in [2.75, 3.05) is 32.7 Å². The zero-order valence-corrected chi connectivity index (χ0v) is 17.9. The number of amides is 2. The van der Waals surface area contributed by atoms with Crippen LogP contribution in [0.5, 0.6) is 0 Å². The Labute approximate surface area is 180 Å². The van der Waals surface area contributed by atoms with Crippen LogP contribution in [-0.2, 0) is 25.7 Å². The lowest BCUT2D eigenvalue weighted by Gasteiger charge is -2.23. The first-order chi connectivity index (χ1) is 15.1. The molecule has 1 aromatic heterocycles. The minimum absolute atomic E-state index is 0.0908. The first kappa shape index (κ1) is 20.9. The van der Waals surface area contributed by atoms with E-state index in [-0.39, 0.29) is 25.0 Å². The number of para-hydroxylation sites is 1. The summed E-state index contributed by atoms with van der Waals surface area (Å²) in [5.74, 6) is -0.519. The van der Waals surface area contributed by atoms with Gasteiger partial charge in [0.25, 0.3) is 0 Å². The number of anilines is 1. The molecule has 162 valence electrons. The fourth-order valence-electron chi connectivity index (χ4n) is 4.30. The van der Waals surface area contributed by atoms with Crippen LogP contribution in [0.1, 0.15) is 13.3 Å². The Morgan fingerprint density at radius 1 is 1.13 bits per heavy atom. The number of oxime groups is 1. The maximum atomic E-state index is 13.1. The third kappa shape index (κ3) is 3.86. The maximum Gasteiger partial charge on any atom is 0.249 e. The number of fused-ring (bicyclic) bond motifs is 3. The Morgan fingerprint density at radius 3 is 2.65 bits per heavy atom. The van der Waals surface area contributed by atoms with Crippen molar-refractivity contribution in [1.82, 2.24) is 9.47 Å². The summed E-state index contributed by atoms with van der Waals surface area (Å²) in [7, 11) is 2.90. The smallest absolute Gasteiger partial charge is 0.249 e. The van der Waals surface area contributed by atoms with E-state index in [0.717, 1.165) is 28.4 Å². The van der Waals surface area contributed by atoms with Crippen molar-refractivity contribution in [3.8, 4) is 0 Å². The molecule has 8 heteroatoms. The number of nitrogens with one attached hydrogen (secondary N) is 1. The molecule has 0 aliphatic carbocycles. The number of aromatic nitrogens is 1. The molecule has 0 saturated carbocycles. The average Bonchev–Trinajstić information content (AvgIpc) is 3.33. The summed E-state index contributed by atoms with van der Waals surface area (Å²) in [5, 5.41) is 9.14. The van der Waals surface area contributed by atoms with E-state index < -0.39 is 6.04 Å². The van der Waals surface area contributed by atoms with Crippen molar-refractivity contribution in [3.05, 3.63) is 42.5 Å². The Kier molecular flexibility index (Phi) is 5.90. The summed E-state index contributed by atoms with van der Waals surface area (Å²) < 4.78 is 7.22. The molecular formula is C23H26N4O4. The molecule has 4 rings (SSSR count). The van der Waals surface area contributed by atoms with Crippen LogP contribution in [0.2, 0.25) is 0 Å². The van der Waals surface area contributed by atoms with E-state index in [1.165, 1.54) is 19.1 Å². The van der Waals surface area contributed by atoms with E-state index in [1.807, 2.05) is 30.3 Å². The molecule has 1 atom stereocenters. The maximum absolute atomic E-state index is 13.1. The number of aryl methyl sites for hydroxylation is 1. The summed E-state index contributed by atoms with van der Waals surface area (Å²) in [4.78, 5) is 31.9. The molecular weight excluding hydrogens is 396 g/mol. The van der Waals surface area contributed by atoms with Crippen LogP contribution in [-0.4, -0.2) is 60.4 Å². The van der Waals surface area contributed by atoms with Crippen LogP contribution >= 0.6 is 0 Å². The molecule has 1 N–H and O–H groups in total. The molecule has 1 aliphatic rings. The minimum atomic E-state index is -0.663. The molecule has 2 aromatic carbocycles. The molecule has 1 saturated heterocycles. The van der Waals surface area contributed by atoms with Gasteiger partial charge >= 0.3 is 0 Å². The van der Waals surface area contributed by atoms with Crippen molar-refractivity contribution >= 4 is 45.0 Å². The second-order valence-electron chi connectivity index (χ2n) is 7.50. The van der Waals surface area contributed by atoms with E-state index in [9.17, 15) is 9.59 Å². The Hall–Kier alpha value is -3.39. The SMILES string of the molecule is CCn1c2ccccc2c2cc(NC(=O)[C@@H]3CC(=NOC)CN3C(=O)COC)ccc21. The van der Waals surface area contributed by atoms with E-state index >= 15 is 0 Å². The number of carbonyl (C=O) groups is 2. The summed E-state index contributed by atoms with van der Waals surface area (Å²) in [5.41, 5.74) is 3.62. The quantitative estimate of drug-likeness (QED) is 0.619. The van der Waals surface area contributed by atoms with Crippen LogP contribution in [0.15, 0.2) is 47.6 Å². The molecule has 1 aliphatic heterocycles. The molecule has 0 radical (unpaired) electrons. The molecule has 31 heavy (non-hydrogen) atoms. The number of likely N-dealkylation sites (tertiary alicyclic amines) is 1. The van der Waals surface area contributed by atoms with E-state index in [0.29, 0.717) is 17.8 Å². The van der Waals surface area contributed by atoms with Crippen molar-refractivity contribution in [1.29, 1.82) is 0 Å². The van der Waals surface area contributed by atoms with E-state index in [4.69, 9.17) is 9.57 Å². The number of carbonyl (C=O) groups excluding carboxylic acids is 2. The van der Waals surface area contributed by atoms with Gasteiger partial charge in [0, 0.05) is 47.6 Å². The fraction of sp³-hybridized carbons (Fsp3) is 0.348. The first-order valence-corrected chi connectivity index (χ1v) is 10.3. The van der Waals surface area contributed by atoms with Gasteiger partial charge in [-0.15, -0.1) is 0 Å². The molecule has 1 fully saturated rings. The fourth-order valence-corrected chi connectivity index (χ4v) is 4.30.